The van der Waals surface area contributed by atoms with E-state index in [1.165, 1.54) is 12.0 Å². The third kappa shape index (κ3) is 4.09. The number of likely N-dealkylation sites (tertiary alicyclic amines) is 1. The fraction of sp³-hybridized carbons (Fsp3) is 0.261. The highest BCUT2D eigenvalue weighted by Gasteiger charge is 2.46. The van der Waals surface area contributed by atoms with Crippen LogP contribution >= 0.6 is 11.6 Å². The number of Topliss-reactive ketones (excluding diaryl/α,β-unsaturated/α-hetero) is 1. The van der Waals surface area contributed by atoms with Crippen molar-refractivity contribution < 1.29 is 24.2 Å². The van der Waals surface area contributed by atoms with Crippen LogP contribution in [0.3, 0.4) is 0 Å². The molecule has 2 aromatic carbocycles. The standard InChI is InChI=1S/C23H22ClNO5/c1-13(2)12-25-19(14-4-6-16(7-5-14)23(29)30-3)18(21(27)22(25)28)20(26)15-8-10-17(24)11-9-15/h4-11,13,19,26H,12H2,1-3H3/t19-/m1/s1. The van der Waals surface area contributed by atoms with Crippen molar-refractivity contribution in [1.29, 1.82) is 0 Å². The lowest BCUT2D eigenvalue weighted by molar-refractivity contribution is -0.140. The van der Waals surface area contributed by atoms with Crippen molar-refractivity contribution in [2.75, 3.05) is 13.7 Å². The number of carbonyl (C=O) groups is 3. The molecule has 0 spiro atoms. The summed E-state index contributed by atoms with van der Waals surface area (Å²) >= 11 is 5.92. The van der Waals surface area contributed by atoms with E-state index in [-0.39, 0.29) is 17.3 Å². The summed E-state index contributed by atoms with van der Waals surface area (Å²) in [5.74, 6) is -2.06. The molecular formula is C23H22ClNO5. The van der Waals surface area contributed by atoms with E-state index >= 15 is 0 Å². The van der Waals surface area contributed by atoms with Gasteiger partial charge in [-0.3, -0.25) is 9.59 Å². The van der Waals surface area contributed by atoms with E-state index in [1.54, 1.807) is 48.5 Å². The number of carbonyl (C=O) groups excluding carboxylic acids is 3. The van der Waals surface area contributed by atoms with Gasteiger partial charge in [-0.2, -0.15) is 0 Å². The van der Waals surface area contributed by atoms with Gasteiger partial charge in [0.2, 0.25) is 0 Å². The Morgan fingerprint density at radius 1 is 1.07 bits per heavy atom. The first kappa shape index (κ1) is 21.6. The number of aliphatic hydroxyl groups excluding tert-OH is 1. The van der Waals surface area contributed by atoms with Crippen LogP contribution in [0.2, 0.25) is 5.02 Å². The molecule has 1 N–H and O–H groups in total. The second kappa shape index (κ2) is 8.71. The first-order chi connectivity index (χ1) is 14.2. The summed E-state index contributed by atoms with van der Waals surface area (Å²) in [7, 11) is 1.29. The summed E-state index contributed by atoms with van der Waals surface area (Å²) in [5.41, 5.74) is 1.35. The van der Waals surface area contributed by atoms with Crippen LogP contribution in [-0.4, -0.2) is 41.3 Å². The lowest BCUT2D eigenvalue weighted by Crippen LogP contribution is -2.33. The van der Waals surface area contributed by atoms with Crippen LogP contribution in [0.25, 0.3) is 5.76 Å². The number of benzene rings is 2. The summed E-state index contributed by atoms with van der Waals surface area (Å²) in [6.07, 6.45) is 0. The van der Waals surface area contributed by atoms with E-state index in [2.05, 4.69) is 0 Å². The average molecular weight is 428 g/mol. The van der Waals surface area contributed by atoms with E-state index < -0.39 is 23.7 Å². The van der Waals surface area contributed by atoms with Crippen molar-refractivity contribution in [3.63, 3.8) is 0 Å². The van der Waals surface area contributed by atoms with Gasteiger partial charge in [-0.1, -0.05) is 37.6 Å². The molecule has 6 nitrogen and oxygen atoms in total. The number of ether oxygens (including phenoxy) is 1. The maximum absolute atomic E-state index is 12.9. The Kier molecular flexibility index (Phi) is 6.27. The van der Waals surface area contributed by atoms with Gasteiger partial charge in [0, 0.05) is 17.1 Å². The molecule has 0 bridgehead atoms. The molecule has 0 aliphatic carbocycles. The van der Waals surface area contributed by atoms with Gasteiger partial charge in [-0.05, 0) is 47.9 Å². The van der Waals surface area contributed by atoms with Gasteiger partial charge < -0.3 is 14.7 Å². The Balaban J connectivity index is 2.14. The molecule has 0 radical (unpaired) electrons. The smallest absolute Gasteiger partial charge is 0.337 e. The van der Waals surface area contributed by atoms with Crippen LogP contribution < -0.4 is 0 Å². The predicted octanol–water partition coefficient (Wildman–Crippen LogP) is 4.20. The molecule has 156 valence electrons. The molecule has 0 aromatic heterocycles. The Labute approximate surface area is 179 Å². The SMILES string of the molecule is COC(=O)c1ccc([C@@H]2C(=C(O)c3ccc(Cl)cc3)C(=O)C(=O)N2CC(C)C)cc1. The quantitative estimate of drug-likeness (QED) is 0.334. The molecular weight excluding hydrogens is 406 g/mol. The van der Waals surface area contributed by atoms with E-state index in [1.807, 2.05) is 13.8 Å². The molecule has 0 unspecified atom stereocenters. The number of rotatable bonds is 5. The Morgan fingerprint density at radius 2 is 1.63 bits per heavy atom. The summed E-state index contributed by atoms with van der Waals surface area (Å²) in [4.78, 5) is 38.9. The number of halogens is 1. The van der Waals surface area contributed by atoms with E-state index in [4.69, 9.17) is 16.3 Å². The lowest BCUT2D eigenvalue weighted by Gasteiger charge is -2.27. The normalized spacial score (nSPS) is 18.2. The van der Waals surface area contributed by atoms with Gasteiger partial charge in [0.05, 0.1) is 24.3 Å². The molecule has 1 saturated heterocycles. The second-order valence-electron chi connectivity index (χ2n) is 7.47. The number of hydrogen-bond donors (Lipinski definition) is 1. The number of ketones is 1. The average Bonchev–Trinajstić information content (AvgIpc) is 2.97. The third-order valence-electron chi connectivity index (χ3n) is 4.87. The van der Waals surface area contributed by atoms with Crippen LogP contribution in [0.4, 0.5) is 0 Å². The highest BCUT2D eigenvalue weighted by molar-refractivity contribution is 6.46. The van der Waals surface area contributed by atoms with E-state index in [9.17, 15) is 19.5 Å². The zero-order valence-electron chi connectivity index (χ0n) is 16.9. The van der Waals surface area contributed by atoms with Crippen molar-refractivity contribution >= 4 is 35.0 Å². The van der Waals surface area contributed by atoms with Crippen LogP contribution in [-0.2, 0) is 14.3 Å². The highest BCUT2D eigenvalue weighted by Crippen LogP contribution is 2.40. The van der Waals surface area contributed by atoms with E-state index in [0.29, 0.717) is 28.3 Å². The molecule has 1 aliphatic heterocycles. The van der Waals surface area contributed by atoms with Gasteiger partial charge in [0.25, 0.3) is 11.7 Å². The molecule has 7 heteroatoms. The molecule has 0 saturated carbocycles. The number of amides is 1. The number of aliphatic hydroxyl groups is 1. The Hall–Kier alpha value is -3.12. The highest BCUT2D eigenvalue weighted by atomic mass is 35.5. The third-order valence-corrected chi connectivity index (χ3v) is 5.12. The lowest BCUT2D eigenvalue weighted by atomic mass is 9.94. The predicted molar refractivity (Wildman–Crippen MR) is 113 cm³/mol. The van der Waals surface area contributed by atoms with Crippen molar-refractivity contribution in [3.05, 3.63) is 75.8 Å². The minimum Gasteiger partial charge on any atom is -0.507 e. The second-order valence-corrected chi connectivity index (χ2v) is 7.90. The van der Waals surface area contributed by atoms with Gasteiger partial charge in [0.1, 0.15) is 5.76 Å². The van der Waals surface area contributed by atoms with Gasteiger partial charge >= 0.3 is 5.97 Å². The number of nitrogens with zero attached hydrogens (tertiary/aromatic N) is 1. The molecule has 1 aliphatic rings. The van der Waals surface area contributed by atoms with Gasteiger partial charge in [-0.15, -0.1) is 0 Å². The van der Waals surface area contributed by atoms with Gasteiger partial charge in [0.15, 0.2) is 0 Å². The van der Waals surface area contributed by atoms with Crippen molar-refractivity contribution in [2.24, 2.45) is 5.92 Å². The minimum absolute atomic E-state index is 0.00814. The van der Waals surface area contributed by atoms with Gasteiger partial charge in [-0.25, -0.2) is 4.79 Å². The fourth-order valence-electron chi connectivity index (χ4n) is 3.49. The number of methoxy groups -OCH3 is 1. The molecule has 30 heavy (non-hydrogen) atoms. The first-order valence-electron chi connectivity index (χ1n) is 9.47. The summed E-state index contributed by atoms with van der Waals surface area (Å²) in [5, 5.41) is 11.4. The monoisotopic (exact) mass is 427 g/mol. The zero-order chi connectivity index (χ0) is 22.0. The largest absolute Gasteiger partial charge is 0.507 e. The first-order valence-corrected chi connectivity index (χ1v) is 9.85. The minimum atomic E-state index is -0.769. The van der Waals surface area contributed by atoms with Crippen molar-refractivity contribution in [3.8, 4) is 0 Å². The maximum atomic E-state index is 12.9. The maximum Gasteiger partial charge on any atom is 0.337 e. The summed E-state index contributed by atoms with van der Waals surface area (Å²) in [6, 6.07) is 12.1. The molecule has 1 fully saturated rings. The number of hydrogen-bond acceptors (Lipinski definition) is 5. The Morgan fingerprint density at radius 3 is 2.17 bits per heavy atom. The van der Waals surface area contributed by atoms with Crippen LogP contribution in [0.5, 0.6) is 0 Å². The molecule has 1 heterocycles. The van der Waals surface area contributed by atoms with E-state index in [0.717, 1.165) is 0 Å². The van der Waals surface area contributed by atoms with Crippen LogP contribution in [0.15, 0.2) is 54.1 Å². The molecule has 1 atom stereocenters. The van der Waals surface area contributed by atoms with Crippen molar-refractivity contribution in [1.82, 2.24) is 4.90 Å². The Bertz CT molecular complexity index is 1010. The van der Waals surface area contributed by atoms with Crippen LogP contribution in [0, 0.1) is 5.92 Å². The van der Waals surface area contributed by atoms with Crippen molar-refractivity contribution in [2.45, 2.75) is 19.9 Å². The van der Waals surface area contributed by atoms with Crippen LogP contribution in [0.1, 0.15) is 41.4 Å². The summed E-state index contributed by atoms with van der Waals surface area (Å²) in [6.45, 7) is 4.22. The topological polar surface area (TPSA) is 83.9 Å². The molecule has 3 rings (SSSR count). The summed E-state index contributed by atoms with van der Waals surface area (Å²) < 4.78 is 4.72. The number of esters is 1. The molecule has 1 amide bonds. The molecule has 2 aromatic rings. The zero-order valence-corrected chi connectivity index (χ0v) is 17.6. The fourth-order valence-corrected chi connectivity index (χ4v) is 3.62.